The van der Waals surface area contributed by atoms with Gasteiger partial charge >= 0.3 is 11.9 Å². The van der Waals surface area contributed by atoms with Gasteiger partial charge in [-0.05, 0) is 35.9 Å². The third-order valence-electron chi connectivity index (χ3n) is 4.34. The van der Waals surface area contributed by atoms with Gasteiger partial charge in [-0.1, -0.05) is 0 Å². The molecule has 1 saturated heterocycles. The molecule has 2 aromatic heterocycles. The normalized spacial score (nSPS) is 16.2. The molecule has 8 nitrogen and oxygen atoms in total. The number of aromatic nitrogens is 2. The van der Waals surface area contributed by atoms with Crippen LogP contribution in [-0.4, -0.2) is 41.3 Å². The van der Waals surface area contributed by atoms with E-state index in [0.29, 0.717) is 16.6 Å². The van der Waals surface area contributed by atoms with Gasteiger partial charge in [0.1, 0.15) is 17.0 Å². The summed E-state index contributed by atoms with van der Waals surface area (Å²) in [7, 11) is 1.60. The lowest BCUT2D eigenvalue weighted by Crippen LogP contribution is -2.29. The highest BCUT2D eigenvalue weighted by Gasteiger charge is 2.30. The number of ether oxygens (including phenoxy) is 3. The first-order valence-electron chi connectivity index (χ1n) is 8.54. The minimum absolute atomic E-state index is 0.230. The molecule has 4 rings (SSSR count). The molecule has 0 radical (unpaired) electrons. The zero-order valence-corrected chi connectivity index (χ0v) is 15.7. The van der Waals surface area contributed by atoms with Gasteiger partial charge in [0, 0.05) is 11.3 Å². The number of hydrogen-bond donors (Lipinski definition) is 0. The number of thiophene rings is 1. The number of fused-ring (bicyclic) bond motifs is 1. The van der Waals surface area contributed by atoms with E-state index in [1.54, 1.807) is 7.11 Å². The summed E-state index contributed by atoms with van der Waals surface area (Å²) in [5, 5.41) is 0. The summed E-state index contributed by atoms with van der Waals surface area (Å²) in [6.07, 6.45) is 0.736. The lowest BCUT2D eigenvalue weighted by molar-refractivity contribution is -0.160. The summed E-state index contributed by atoms with van der Waals surface area (Å²) in [6.45, 7) is -0.0884. The zero-order valence-electron chi connectivity index (χ0n) is 14.9. The van der Waals surface area contributed by atoms with Gasteiger partial charge in [-0.2, -0.15) is 0 Å². The van der Waals surface area contributed by atoms with E-state index in [9.17, 15) is 14.4 Å². The van der Waals surface area contributed by atoms with E-state index in [2.05, 4.69) is 4.98 Å². The summed E-state index contributed by atoms with van der Waals surface area (Å²) in [5.74, 6) is -0.495. The van der Waals surface area contributed by atoms with Crippen molar-refractivity contribution >= 4 is 33.5 Å². The van der Waals surface area contributed by atoms with Crippen LogP contribution >= 0.6 is 11.3 Å². The molecule has 0 spiro atoms. The standard InChI is InChI=1S/C19H16N2O6S/c1-25-12-4-2-11(3-5-12)15-8-13-17(28-15)18(23)21(10-20-13)9-16(22)27-14-6-7-26-19(14)24/h2-5,8,10,14H,6-7,9H2,1H3/t14-/m0/s1. The maximum atomic E-state index is 12.7. The highest BCUT2D eigenvalue weighted by Crippen LogP contribution is 2.31. The Morgan fingerprint density at radius 3 is 2.79 bits per heavy atom. The number of carbonyl (C=O) groups is 2. The molecule has 28 heavy (non-hydrogen) atoms. The van der Waals surface area contributed by atoms with E-state index in [-0.39, 0.29) is 18.7 Å². The third-order valence-corrected chi connectivity index (χ3v) is 5.50. The maximum absolute atomic E-state index is 12.7. The van der Waals surface area contributed by atoms with Crippen LogP contribution in [-0.2, 0) is 25.6 Å². The van der Waals surface area contributed by atoms with Gasteiger partial charge in [-0.15, -0.1) is 11.3 Å². The van der Waals surface area contributed by atoms with Crippen LogP contribution in [0, 0.1) is 0 Å². The molecule has 0 amide bonds. The molecule has 0 unspecified atom stereocenters. The predicted molar refractivity (Wildman–Crippen MR) is 101 cm³/mol. The van der Waals surface area contributed by atoms with Crippen LogP contribution in [0.2, 0.25) is 0 Å². The molecule has 1 aliphatic rings. The molecule has 3 heterocycles. The quantitative estimate of drug-likeness (QED) is 0.604. The fourth-order valence-electron chi connectivity index (χ4n) is 2.87. The lowest BCUT2D eigenvalue weighted by Gasteiger charge is -2.09. The minimum atomic E-state index is -0.900. The van der Waals surface area contributed by atoms with Gasteiger partial charge in [0.25, 0.3) is 5.56 Å². The Hall–Kier alpha value is -3.20. The summed E-state index contributed by atoms with van der Waals surface area (Å²) < 4.78 is 16.6. The van der Waals surface area contributed by atoms with E-state index >= 15 is 0 Å². The maximum Gasteiger partial charge on any atom is 0.347 e. The predicted octanol–water partition coefficient (Wildman–Crippen LogP) is 1.99. The lowest BCUT2D eigenvalue weighted by atomic mass is 10.2. The number of benzene rings is 1. The van der Waals surface area contributed by atoms with Crippen molar-refractivity contribution in [2.24, 2.45) is 0 Å². The molecule has 0 aliphatic carbocycles. The fourth-order valence-corrected chi connectivity index (χ4v) is 3.94. The Morgan fingerprint density at radius 1 is 1.32 bits per heavy atom. The highest BCUT2D eigenvalue weighted by molar-refractivity contribution is 7.22. The molecule has 0 N–H and O–H groups in total. The van der Waals surface area contributed by atoms with E-state index in [1.807, 2.05) is 30.3 Å². The molecule has 9 heteroatoms. The minimum Gasteiger partial charge on any atom is -0.497 e. The molecule has 1 atom stereocenters. The summed E-state index contributed by atoms with van der Waals surface area (Å²) in [5.41, 5.74) is 1.17. The van der Waals surface area contributed by atoms with Crippen molar-refractivity contribution in [2.45, 2.75) is 19.1 Å². The average Bonchev–Trinajstić information content (AvgIpc) is 3.31. The van der Waals surface area contributed by atoms with Gasteiger partial charge in [0.2, 0.25) is 6.10 Å². The largest absolute Gasteiger partial charge is 0.497 e. The Kier molecular flexibility index (Phi) is 4.82. The van der Waals surface area contributed by atoms with Crippen LogP contribution in [0.5, 0.6) is 5.75 Å². The van der Waals surface area contributed by atoms with E-state index < -0.39 is 18.0 Å². The third kappa shape index (κ3) is 3.48. The first kappa shape index (κ1) is 18.2. The topological polar surface area (TPSA) is 96.7 Å². The molecule has 0 saturated carbocycles. The van der Waals surface area contributed by atoms with E-state index in [0.717, 1.165) is 16.2 Å². The van der Waals surface area contributed by atoms with E-state index in [1.165, 1.54) is 22.2 Å². The highest BCUT2D eigenvalue weighted by atomic mass is 32.1. The average molecular weight is 400 g/mol. The van der Waals surface area contributed by atoms with Crippen molar-refractivity contribution in [3.8, 4) is 16.2 Å². The van der Waals surface area contributed by atoms with Gasteiger partial charge in [-0.25, -0.2) is 9.78 Å². The van der Waals surface area contributed by atoms with Crippen LogP contribution in [0.3, 0.4) is 0 Å². The van der Waals surface area contributed by atoms with Crippen LogP contribution in [0.1, 0.15) is 6.42 Å². The number of carbonyl (C=O) groups excluding carboxylic acids is 2. The Bertz CT molecular complexity index is 1100. The Labute approximate surface area is 163 Å². The molecule has 1 aromatic carbocycles. The SMILES string of the molecule is COc1ccc(-c2cc3ncn(CC(=O)O[C@H]4CCOC4=O)c(=O)c3s2)cc1. The Balaban J connectivity index is 1.57. The van der Waals surface area contributed by atoms with Gasteiger partial charge < -0.3 is 14.2 Å². The second kappa shape index (κ2) is 7.43. The molecular formula is C19H16N2O6S. The second-order valence-electron chi connectivity index (χ2n) is 6.17. The first-order chi connectivity index (χ1) is 13.5. The first-order valence-corrected chi connectivity index (χ1v) is 9.36. The van der Waals surface area contributed by atoms with Crippen LogP contribution < -0.4 is 10.3 Å². The molecule has 1 fully saturated rings. The van der Waals surface area contributed by atoms with Gasteiger partial charge in [-0.3, -0.25) is 14.2 Å². The van der Waals surface area contributed by atoms with Crippen molar-refractivity contribution in [3.05, 3.63) is 47.0 Å². The smallest absolute Gasteiger partial charge is 0.347 e. The Morgan fingerprint density at radius 2 is 2.11 bits per heavy atom. The number of rotatable bonds is 5. The monoisotopic (exact) mass is 400 g/mol. The van der Waals surface area contributed by atoms with Crippen LogP contribution in [0.4, 0.5) is 0 Å². The summed E-state index contributed by atoms with van der Waals surface area (Å²) in [6, 6.07) is 9.32. The van der Waals surface area contributed by atoms with Crippen molar-refractivity contribution < 1.29 is 23.8 Å². The summed E-state index contributed by atoms with van der Waals surface area (Å²) >= 11 is 1.30. The zero-order chi connectivity index (χ0) is 19.7. The van der Waals surface area contributed by atoms with Gasteiger partial charge in [0.15, 0.2) is 0 Å². The molecule has 1 aliphatic heterocycles. The molecule has 3 aromatic rings. The number of methoxy groups -OCH3 is 1. The fraction of sp³-hybridized carbons (Fsp3) is 0.263. The van der Waals surface area contributed by atoms with Crippen molar-refractivity contribution in [2.75, 3.05) is 13.7 Å². The van der Waals surface area contributed by atoms with Crippen LogP contribution in [0.25, 0.3) is 20.7 Å². The molecule has 0 bridgehead atoms. The molecule has 144 valence electrons. The van der Waals surface area contributed by atoms with E-state index in [4.69, 9.17) is 14.2 Å². The van der Waals surface area contributed by atoms with Gasteiger partial charge in [0.05, 0.1) is 25.6 Å². The number of hydrogen-bond acceptors (Lipinski definition) is 8. The number of cyclic esters (lactones) is 1. The van der Waals surface area contributed by atoms with Crippen LogP contribution in [0.15, 0.2) is 41.5 Å². The summed E-state index contributed by atoms with van der Waals surface area (Å²) in [4.78, 5) is 41.3. The number of nitrogens with zero attached hydrogens (tertiary/aromatic N) is 2. The van der Waals surface area contributed by atoms with Crippen molar-refractivity contribution in [3.63, 3.8) is 0 Å². The number of esters is 2. The van der Waals surface area contributed by atoms with Crippen molar-refractivity contribution in [1.29, 1.82) is 0 Å². The second-order valence-corrected chi connectivity index (χ2v) is 7.22. The van der Waals surface area contributed by atoms with Crippen molar-refractivity contribution in [1.82, 2.24) is 9.55 Å². The molecular weight excluding hydrogens is 384 g/mol.